The topological polar surface area (TPSA) is 83.2 Å². The van der Waals surface area contributed by atoms with Crippen LogP contribution in [0.4, 0.5) is 4.39 Å². The summed E-state index contributed by atoms with van der Waals surface area (Å²) in [6.45, 7) is 7.57. The Bertz CT molecular complexity index is 1040. The lowest BCUT2D eigenvalue weighted by Gasteiger charge is -2.27. The molecule has 176 valence electrons. The molecule has 0 saturated carbocycles. The molecule has 0 spiro atoms. The first-order valence-electron chi connectivity index (χ1n) is 10.8. The van der Waals surface area contributed by atoms with Gasteiger partial charge in [-0.3, -0.25) is 9.59 Å². The largest absolute Gasteiger partial charge is 0.443 e. The first-order valence-corrected chi connectivity index (χ1v) is 10.8. The standard InChI is InChI=1S/C25H29FN2O5/c1-17(2)28-14-21(32-16-18-5-7-19(26)8-6-18)13-27(15-23(28)29)24(30)22-10-9-20(33-22)11-12-25(3,4)31/h5-10,17,21,31H,13-16H2,1-4H3/t21-/m0/s1. The minimum Gasteiger partial charge on any atom is -0.443 e. The van der Waals surface area contributed by atoms with Crippen LogP contribution in [-0.2, 0) is 16.1 Å². The summed E-state index contributed by atoms with van der Waals surface area (Å²) in [4.78, 5) is 29.0. The minimum absolute atomic E-state index is 0.0538. The monoisotopic (exact) mass is 456 g/mol. The Balaban J connectivity index is 1.76. The molecule has 0 radical (unpaired) electrons. The second kappa shape index (κ2) is 10.2. The number of nitrogens with zero attached hydrogens (tertiary/aromatic N) is 2. The van der Waals surface area contributed by atoms with Crippen molar-refractivity contribution in [2.75, 3.05) is 19.6 Å². The first-order chi connectivity index (χ1) is 15.5. The van der Waals surface area contributed by atoms with Gasteiger partial charge in [-0.05, 0) is 63.4 Å². The highest BCUT2D eigenvalue weighted by molar-refractivity contribution is 5.94. The van der Waals surface area contributed by atoms with Crippen LogP contribution in [0.1, 0.15) is 49.6 Å². The number of benzene rings is 1. The van der Waals surface area contributed by atoms with E-state index in [9.17, 15) is 19.1 Å². The maximum atomic E-state index is 13.2. The van der Waals surface area contributed by atoms with E-state index in [1.54, 1.807) is 36.9 Å². The maximum Gasteiger partial charge on any atom is 0.290 e. The average Bonchev–Trinajstić information content (AvgIpc) is 3.15. The van der Waals surface area contributed by atoms with Gasteiger partial charge in [-0.2, -0.15) is 0 Å². The number of hydrogen-bond acceptors (Lipinski definition) is 5. The lowest BCUT2D eigenvalue weighted by molar-refractivity contribution is -0.133. The zero-order valence-electron chi connectivity index (χ0n) is 19.3. The summed E-state index contributed by atoms with van der Waals surface area (Å²) in [5.74, 6) is 4.67. The second-order valence-corrected chi connectivity index (χ2v) is 8.86. The third-order valence-electron chi connectivity index (χ3n) is 5.09. The molecule has 7 nitrogen and oxygen atoms in total. The molecule has 1 aromatic heterocycles. The molecular formula is C25H29FN2O5. The number of carbonyl (C=O) groups excluding carboxylic acids is 2. The number of amides is 2. The van der Waals surface area contributed by atoms with E-state index < -0.39 is 17.6 Å². The summed E-state index contributed by atoms with van der Waals surface area (Å²) in [6, 6.07) is 8.99. The minimum atomic E-state index is -1.19. The van der Waals surface area contributed by atoms with Gasteiger partial charge in [0, 0.05) is 19.1 Å². The molecule has 1 aromatic carbocycles. The fraction of sp³-hybridized carbons (Fsp3) is 0.440. The molecule has 2 aromatic rings. The number of ether oxygens (including phenoxy) is 1. The third-order valence-corrected chi connectivity index (χ3v) is 5.09. The summed E-state index contributed by atoms with van der Waals surface area (Å²) in [7, 11) is 0. The van der Waals surface area contributed by atoms with E-state index in [-0.39, 0.29) is 49.0 Å². The zero-order valence-corrected chi connectivity index (χ0v) is 19.3. The van der Waals surface area contributed by atoms with Crippen molar-refractivity contribution >= 4 is 11.8 Å². The van der Waals surface area contributed by atoms with Crippen molar-refractivity contribution in [3.63, 3.8) is 0 Å². The Kier molecular flexibility index (Phi) is 7.57. The van der Waals surface area contributed by atoms with Crippen LogP contribution < -0.4 is 0 Å². The van der Waals surface area contributed by atoms with E-state index >= 15 is 0 Å². The van der Waals surface area contributed by atoms with Crippen molar-refractivity contribution in [3.8, 4) is 11.8 Å². The number of halogens is 1. The molecule has 8 heteroatoms. The number of furan rings is 1. The lowest BCUT2D eigenvalue weighted by Crippen LogP contribution is -2.42. The van der Waals surface area contributed by atoms with Crippen LogP contribution in [0, 0.1) is 17.7 Å². The van der Waals surface area contributed by atoms with Crippen molar-refractivity contribution in [3.05, 3.63) is 59.3 Å². The summed E-state index contributed by atoms with van der Waals surface area (Å²) in [5.41, 5.74) is -0.397. The van der Waals surface area contributed by atoms with Crippen LogP contribution in [0.25, 0.3) is 0 Å². The second-order valence-electron chi connectivity index (χ2n) is 8.86. The van der Waals surface area contributed by atoms with Crippen molar-refractivity contribution in [2.24, 2.45) is 0 Å². The Morgan fingerprint density at radius 3 is 2.58 bits per heavy atom. The van der Waals surface area contributed by atoms with Gasteiger partial charge in [-0.15, -0.1) is 0 Å². The Labute approximate surface area is 193 Å². The molecule has 3 rings (SSSR count). The first kappa shape index (κ1) is 24.5. The highest BCUT2D eigenvalue weighted by atomic mass is 19.1. The molecule has 1 aliphatic heterocycles. The van der Waals surface area contributed by atoms with Gasteiger partial charge in [0.2, 0.25) is 5.91 Å². The molecule has 0 aliphatic carbocycles. The smallest absolute Gasteiger partial charge is 0.290 e. The van der Waals surface area contributed by atoms with E-state index in [1.165, 1.54) is 23.1 Å². The molecule has 1 fully saturated rings. The molecule has 1 N–H and O–H groups in total. The Morgan fingerprint density at radius 2 is 1.94 bits per heavy atom. The summed E-state index contributed by atoms with van der Waals surface area (Å²) in [6.07, 6.45) is -0.433. The fourth-order valence-corrected chi connectivity index (χ4v) is 3.39. The van der Waals surface area contributed by atoms with Gasteiger partial charge in [0.25, 0.3) is 5.91 Å². The molecule has 1 saturated heterocycles. The van der Waals surface area contributed by atoms with Crippen LogP contribution in [0.5, 0.6) is 0 Å². The van der Waals surface area contributed by atoms with E-state index in [1.807, 2.05) is 13.8 Å². The van der Waals surface area contributed by atoms with Gasteiger partial charge >= 0.3 is 0 Å². The fourth-order valence-electron chi connectivity index (χ4n) is 3.39. The van der Waals surface area contributed by atoms with Gasteiger partial charge < -0.3 is 24.1 Å². The molecule has 1 atom stereocenters. The van der Waals surface area contributed by atoms with E-state index in [2.05, 4.69) is 11.8 Å². The van der Waals surface area contributed by atoms with Crippen molar-refractivity contribution < 1.29 is 28.2 Å². The van der Waals surface area contributed by atoms with Gasteiger partial charge in [0.05, 0.1) is 12.7 Å². The molecule has 33 heavy (non-hydrogen) atoms. The number of aliphatic hydroxyl groups is 1. The van der Waals surface area contributed by atoms with E-state index in [0.29, 0.717) is 6.54 Å². The Morgan fingerprint density at radius 1 is 1.24 bits per heavy atom. The number of rotatable bonds is 5. The van der Waals surface area contributed by atoms with Crippen LogP contribution in [0.3, 0.4) is 0 Å². The maximum absolute atomic E-state index is 13.2. The van der Waals surface area contributed by atoms with Crippen LogP contribution in [0.15, 0.2) is 40.8 Å². The van der Waals surface area contributed by atoms with Gasteiger partial charge in [0.1, 0.15) is 18.0 Å². The number of hydrogen-bond donors (Lipinski definition) is 1. The van der Waals surface area contributed by atoms with Crippen LogP contribution in [-0.4, -0.2) is 64.1 Å². The predicted octanol–water partition coefficient (Wildman–Crippen LogP) is 2.82. The summed E-state index contributed by atoms with van der Waals surface area (Å²) in [5, 5.41) is 9.74. The van der Waals surface area contributed by atoms with Crippen molar-refractivity contribution in [1.29, 1.82) is 0 Å². The van der Waals surface area contributed by atoms with Crippen molar-refractivity contribution in [1.82, 2.24) is 9.80 Å². The Hall–Kier alpha value is -3.15. The molecular weight excluding hydrogens is 427 g/mol. The van der Waals surface area contributed by atoms with Gasteiger partial charge in [-0.25, -0.2) is 4.39 Å². The molecule has 0 bridgehead atoms. The zero-order chi connectivity index (χ0) is 24.2. The quantitative estimate of drug-likeness (QED) is 0.700. The van der Waals surface area contributed by atoms with E-state index in [4.69, 9.17) is 9.15 Å². The third kappa shape index (κ3) is 6.91. The molecule has 0 unspecified atom stereocenters. The molecule has 1 aliphatic rings. The van der Waals surface area contributed by atoms with Crippen molar-refractivity contribution in [2.45, 2.75) is 52.0 Å². The average molecular weight is 457 g/mol. The van der Waals surface area contributed by atoms with Gasteiger partial charge in [0.15, 0.2) is 11.5 Å². The molecule has 2 amide bonds. The lowest BCUT2D eigenvalue weighted by atomic mass is 10.1. The summed E-state index contributed by atoms with van der Waals surface area (Å²) < 4.78 is 24.7. The van der Waals surface area contributed by atoms with Crippen LogP contribution >= 0.6 is 0 Å². The highest BCUT2D eigenvalue weighted by Crippen LogP contribution is 2.17. The van der Waals surface area contributed by atoms with E-state index in [0.717, 1.165) is 5.56 Å². The number of carbonyl (C=O) groups is 2. The molecule has 2 heterocycles. The van der Waals surface area contributed by atoms with Crippen LogP contribution in [0.2, 0.25) is 0 Å². The summed E-state index contributed by atoms with van der Waals surface area (Å²) >= 11 is 0. The normalized spacial score (nSPS) is 17.1. The predicted molar refractivity (Wildman–Crippen MR) is 120 cm³/mol. The SMILES string of the molecule is CC(C)N1C[C@@H](OCc2ccc(F)cc2)CN(C(=O)c2ccc(C#CC(C)(C)O)o2)CC1=O. The highest BCUT2D eigenvalue weighted by Gasteiger charge is 2.33. The van der Waals surface area contributed by atoms with Gasteiger partial charge in [-0.1, -0.05) is 18.1 Å².